The van der Waals surface area contributed by atoms with Crippen molar-refractivity contribution in [3.8, 4) is 0 Å². The molecule has 1 rings (SSSR count). The molecule has 19 heavy (non-hydrogen) atoms. The van der Waals surface area contributed by atoms with E-state index in [1.165, 1.54) is 55.2 Å². The van der Waals surface area contributed by atoms with E-state index in [9.17, 15) is 5.11 Å². The monoisotopic (exact) mass is 261 g/mol. The van der Waals surface area contributed by atoms with E-state index in [0.717, 1.165) is 19.3 Å². The third-order valence-electron chi connectivity index (χ3n) is 3.73. The van der Waals surface area contributed by atoms with Crippen LogP contribution in [-0.2, 0) is 24.4 Å². The van der Waals surface area contributed by atoms with Crippen LogP contribution in [0.4, 0.5) is 0 Å². The molecule has 0 aliphatic rings. The summed E-state index contributed by atoms with van der Waals surface area (Å²) in [6.07, 6.45) is 10.4. The Hall–Kier alpha value is -0.820. The van der Waals surface area contributed by atoms with Crippen molar-refractivity contribution in [3.05, 3.63) is 34.9 Å². The zero-order chi connectivity index (χ0) is 13.9. The molecule has 0 aliphatic carbocycles. The molecule has 0 spiro atoms. The molecule has 0 N–H and O–H groups in total. The van der Waals surface area contributed by atoms with E-state index in [0.29, 0.717) is 0 Å². The van der Waals surface area contributed by atoms with Crippen LogP contribution >= 0.6 is 0 Å². The van der Waals surface area contributed by atoms with Crippen LogP contribution in [0.3, 0.4) is 0 Å². The van der Waals surface area contributed by atoms with Crippen molar-refractivity contribution >= 4 is 0 Å². The van der Waals surface area contributed by atoms with E-state index in [1.807, 2.05) is 0 Å². The molecular formula is C18H29O. The van der Waals surface area contributed by atoms with E-state index in [2.05, 4.69) is 32.0 Å². The number of hydrogen-bond donors (Lipinski definition) is 0. The second kappa shape index (κ2) is 10.0. The second-order valence-corrected chi connectivity index (χ2v) is 5.47. The first-order valence-electron chi connectivity index (χ1n) is 8.00. The fourth-order valence-corrected chi connectivity index (χ4v) is 2.48. The standard InChI is InChI=1S/C18H29O/c1-3-5-9-16-12-13-17(11-7-8-14-19)18(15-16)10-6-4-2/h12-13,15H,3-11,14H2,1-2H3. The lowest BCUT2D eigenvalue weighted by atomic mass is 9.94. The molecule has 1 radical (unpaired) electrons. The summed E-state index contributed by atoms with van der Waals surface area (Å²) in [6, 6.07) is 7.01. The fourth-order valence-electron chi connectivity index (χ4n) is 2.48. The molecule has 1 nitrogen and oxygen atoms in total. The van der Waals surface area contributed by atoms with Gasteiger partial charge in [-0.05, 0) is 61.6 Å². The Labute approximate surface area is 119 Å². The van der Waals surface area contributed by atoms with Crippen LogP contribution in [-0.4, -0.2) is 6.61 Å². The molecule has 1 aromatic carbocycles. The Balaban J connectivity index is 2.70. The zero-order valence-electron chi connectivity index (χ0n) is 12.7. The maximum atomic E-state index is 10.5. The summed E-state index contributed by atoms with van der Waals surface area (Å²) in [5.41, 5.74) is 4.49. The molecule has 0 saturated carbocycles. The Kier molecular flexibility index (Phi) is 8.57. The van der Waals surface area contributed by atoms with Gasteiger partial charge in [-0.3, -0.25) is 0 Å². The summed E-state index contributed by atoms with van der Waals surface area (Å²) in [5, 5.41) is 10.5. The molecule has 0 saturated heterocycles. The number of unbranched alkanes of at least 4 members (excludes halogenated alkanes) is 3. The number of rotatable bonds is 10. The Morgan fingerprint density at radius 2 is 1.47 bits per heavy atom. The molecule has 0 bridgehead atoms. The highest BCUT2D eigenvalue weighted by molar-refractivity contribution is 5.32. The lowest BCUT2D eigenvalue weighted by Crippen LogP contribution is -1.98. The van der Waals surface area contributed by atoms with Crippen molar-refractivity contribution < 1.29 is 5.11 Å². The van der Waals surface area contributed by atoms with Crippen molar-refractivity contribution in [3.63, 3.8) is 0 Å². The maximum Gasteiger partial charge on any atom is 0.0822 e. The van der Waals surface area contributed by atoms with Gasteiger partial charge in [-0.1, -0.05) is 44.9 Å². The van der Waals surface area contributed by atoms with Crippen molar-refractivity contribution in [1.29, 1.82) is 0 Å². The summed E-state index contributed by atoms with van der Waals surface area (Å²) in [5.74, 6) is 0. The molecule has 0 fully saturated rings. The summed E-state index contributed by atoms with van der Waals surface area (Å²) < 4.78 is 0. The Morgan fingerprint density at radius 3 is 2.16 bits per heavy atom. The van der Waals surface area contributed by atoms with E-state index >= 15 is 0 Å². The third-order valence-corrected chi connectivity index (χ3v) is 3.73. The smallest absolute Gasteiger partial charge is 0.0822 e. The highest BCUT2D eigenvalue weighted by Gasteiger charge is 2.04. The second-order valence-electron chi connectivity index (χ2n) is 5.47. The first-order valence-corrected chi connectivity index (χ1v) is 8.00. The third kappa shape index (κ3) is 6.24. The lowest BCUT2D eigenvalue weighted by molar-refractivity contribution is 0.187. The van der Waals surface area contributed by atoms with Crippen LogP contribution in [0.5, 0.6) is 0 Å². The molecular weight excluding hydrogens is 232 g/mol. The summed E-state index contributed by atoms with van der Waals surface area (Å²) in [7, 11) is 0. The van der Waals surface area contributed by atoms with E-state index in [-0.39, 0.29) is 6.61 Å². The van der Waals surface area contributed by atoms with Gasteiger partial charge >= 0.3 is 0 Å². The average Bonchev–Trinajstić information content (AvgIpc) is 2.44. The minimum absolute atomic E-state index is 0.0683. The SMILES string of the molecule is CCCCc1ccc(CCCC[O])c(CCCC)c1. The van der Waals surface area contributed by atoms with Gasteiger partial charge in [0.1, 0.15) is 0 Å². The first kappa shape index (κ1) is 16.2. The van der Waals surface area contributed by atoms with Gasteiger partial charge in [0, 0.05) is 0 Å². The summed E-state index contributed by atoms with van der Waals surface area (Å²) in [6.45, 7) is 4.56. The summed E-state index contributed by atoms with van der Waals surface area (Å²) in [4.78, 5) is 0. The molecule has 0 aromatic heterocycles. The minimum atomic E-state index is 0.0683. The van der Waals surface area contributed by atoms with Crippen molar-refractivity contribution in [1.82, 2.24) is 0 Å². The van der Waals surface area contributed by atoms with Crippen LogP contribution in [0, 0.1) is 0 Å². The van der Waals surface area contributed by atoms with Crippen molar-refractivity contribution in [2.45, 2.75) is 71.6 Å². The van der Waals surface area contributed by atoms with Gasteiger partial charge in [-0.2, -0.15) is 0 Å². The molecule has 1 aromatic rings. The lowest BCUT2D eigenvalue weighted by Gasteiger charge is -2.11. The van der Waals surface area contributed by atoms with Gasteiger partial charge in [0.15, 0.2) is 0 Å². The minimum Gasteiger partial charge on any atom is -0.237 e. The zero-order valence-corrected chi connectivity index (χ0v) is 12.7. The molecule has 0 amide bonds. The largest absolute Gasteiger partial charge is 0.237 e. The van der Waals surface area contributed by atoms with Crippen molar-refractivity contribution in [2.75, 3.05) is 6.61 Å². The number of hydrogen-bond acceptors (Lipinski definition) is 0. The van der Waals surface area contributed by atoms with Crippen LogP contribution in [0.1, 0.15) is 69.1 Å². The molecule has 107 valence electrons. The number of benzene rings is 1. The predicted molar refractivity (Wildman–Crippen MR) is 82.2 cm³/mol. The van der Waals surface area contributed by atoms with Crippen molar-refractivity contribution in [2.24, 2.45) is 0 Å². The maximum absolute atomic E-state index is 10.5. The molecule has 0 atom stereocenters. The van der Waals surface area contributed by atoms with E-state index in [1.54, 1.807) is 0 Å². The van der Waals surface area contributed by atoms with Gasteiger partial charge in [0.05, 0.1) is 6.61 Å². The van der Waals surface area contributed by atoms with Gasteiger partial charge in [-0.25, -0.2) is 5.11 Å². The van der Waals surface area contributed by atoms with E-state index < -0.39 is 0 Å². The quantitative estimate of drug-likeness (QED) is 0.521. The van der Waals surface area contributed by atoms with Crippen LogP contribution < -0.4 is 0 Å². The first-order chi connectivity index (χ1) is 9.31. The molecule has 0 unspecified atom stereocenters. The van der Waals surface area contributed by atoms with Gasteiger partial charge < -0.3 is 0 Å². The summed E-state index contributed by atoms with van der Waals surface area (Å²) >= 11 is 0. The normalized spacial score (nSPS) is 10.9. The average molecular weight is 261 g/mol. The topological polar surface area (TPSA) is 19.9 Å². The van der Waals surface area contributed by atoms with E-state index in [4.69, 9.17) is 0 Å². The number of aryl methyl sites for hydroxylation is 3. The Morgan fingerprint density at radius 1 is 0.789 bits per heavy atom. The molecule has 0 aliphatic heterocycles. The Bertz CT molecular complexity index is 344. The van der Waals surface area contributed by atoms with Crippen LogP contribution in [0.25, 0.3) is 0 Å². The van der Waals surface area contributed by atoms with Crippen LogP contribution in [0.15, 0.2) is 18.2 Å². The van der Waals surface area contributed by atoms with Gasteiger partial charge in [0.2, 0.25) is 0 Å². The molecule has 1 heteroatoms. The highest BCUT2D eigenvalue weighted by Crippen LogP contribution is 2.18. The van der Waals surface area contributed by atoms with Crippen LogP contribution in [0.2, 0.25) is 0 Å². The van der Waals surface area contributed by atoms with Gasteiger partial charge in [-0.15, -0.1) is 0 Å². The predicted octanol–water partition coefficient (Wildman–Crippen LogP) is 5.13. The highest BCUT2D eigenvalue weighted by atomic mass is 16.2. The van der Waals surface area contributed by atoms with Gasteiger partial charge in [0.25, 0.3) is 0 Å². The molecule has 0 heterocycles. The fraction of sp³-hybridized carbons (Fsp3) is 0.667.